The number of hydrogen-bond donors (Lipinski definition) is 2. The predicted octanol–water partition coefficient (Wildman–Crippen LogP) is 1.06. The number of aliphatic hydroxyl groups excluding tert-OH is 2. The summed E-state index contributed by atoms with van der Waals surface area (Å²) in [6.07, 6.45) is -0.553. The van der Waals surface area contributed by atoms with Crippen LogP contribution < -0.4 is 0 Å². The maximum atomic E-state index is 9.21. The van der Waals surface area contributed by atoms with Crippen LogP contribution in [0.2, 0.25) is 0 Å². The molecule has 1 aliphatic rings. The van der Waals surface area contributed by atoms with Crippen LogP contribution in [-0.4, -0.2) is 33.2 Å². The quantitative estimate of drug-likeness (QED) is 0.596. The summed E-state index contributed by atoms with van der Waals surface area (Å²) >= 11 is 16.8. The van der Waals surface area contributed by atoms with E-state index in [2.05, 4.69) is 0 Å². The fourth-order valence-electron chi connectivity index (χ4n) is 0.868. The Balaban J connectivity index is 2.83. The first-order chi connectivity index (χ1) is 5.04. The standard InChI is InChI=1S/C6H7Cl3O2/c7-2-1-3(10)4(8)5(9)6(2)11/h1,3-6,10-11H. The highest BCUT2D eigenvalue weighted by atomic mass is 35.5. The minimum absolute atomic E-state index is 0.148. The Morgan fingerprint density at radius 2 is 1.73 bits per heavy atom. The normalized spacial score (nSPS) is 45.4. The number of rotatable bonds is 0. The van der Waals surface area contributed by atoms with Gasteiger partial charge in [-0.3, -0.25) is 0 Å². The van der Waals surface area contributed by atoms with Crippen molar-refractivity contribution in [3.05, 3.63) is 11.1 Å². The smallest absolute Gasteiger partial charge is 0.107 e. The Morgan fingerprint density at radius 3 is 2.27 bits per heavy atom. The lowest BCUT2D eigenvalue weighted by molar-refractivity contribution is 0.149. The topological polar surface area (TPSA) is 40.5 Å². The zero-order valence-corrected chi connectivity index (χ0v) is 7.68. The van der Waals surface area contributed by atoms with Crippen molar-refractivity contribution in [1.29, 1.82) is 0 Å². The Labute approximate surface area is 79.4 Å². The fraction of sp³-hybridized carbons (Fsp3) is 0.667. The summed E-state index contributed by atoms with van der Waals surface area (Å²) < 4.78 is 0. The number of hydrogen-bond acceptors (Lipinski definition) is 2. The highest BCUT2D eigenvalue weighted by Crippen LogP contribution is 2.29. The summed E-state index contributed by atoms with van der Waals surface area (Å²) in [7, 11) is 0. The fourth-order valence-corrected chi connectivity index (χ4v) is 1.69. The van der Waals surface area contributed by atoms with Crippen molar-refractivity contribution in [1.82, 2.24) is 0 Å². The van der Waals surface area contributed by atoms with Crippen molar-refractivity contribution >= 4 is 34.8 Å². The van der Waals surface area contributed by atoms with Crippen molar-refractivity contribution in [2.45, 2.75) is 23.0 Å². The first-order valence-electron chi connectivity index (χ1n) is 3.05. The number of aliphatic hydroxyl groups is 2. The molecule has 2 nitrogen and oxygen atoms in total. The van der Waals surface area contributed by atoms with E-state index in [1.807, 2.05) is 0 Å². The van der Waals surface area contributed by atoms with E-state index in [1.54, 1.807) is 0 Å². The van der Waals surface area contributed by atoms with E-state index in [9.17, 15) is 5.11 Å². The van der Waals surface area contributed by atoms with Crippen LogP contribution in [0, 0.1) is 0 Å². The molecule has 4 unspecified atom stereocenters. The van der Waals surface area contributed by atoms with Crippen molar-refractivity contribution in [3.63, 3.8) is 0 Å². The lowest BCUT2D eigenvalue weighted by Gasteiger charge is -2.28. The van der Waals surface area contributed by atoms with Gasteiger partial charge in [0.15, 0.2) is 0 Å². The van der Waals surface area contributed by atoms with Gasteiger partial charge in [-0.1, -0.05) is 11.6 Å². The third-order valence-electron chi connectivity index (χ3n) is 1.54. The third-order valence-corrected chi connectivity index (χ3v) is 3.06. The van der Waals surface area contributed by atoms with Crippen molar-refractivity contribution in [2.75, 3.05) is 0 Å². The Hall–Kier alpha value is 0.530. The van der Waals surface area contributed by atoms with Gasteiger partial charge < -0.3 is 10.2 Å². The maximum Gasteiger partial charge on any atom is 0.107 e. The highest BCUT2D eigenvalue weighted by molar-refractivity contribution is 6.35. The van der Waals surface area contributed by atoms with Gasteiger partial charge >= 0.3 is 0 Å². The lowest BCUT2D eigenvalue weighted by atomic mass is 10.0. The molecule has 1 aliphatic carbocycles. The van der Waals surface area contributed by atoms with Crippen LogP contribution in [0.15, 0.2) is 11.1 Å². The molecule has 1 rings (SSSR count). The van der Waals surface area contributed by atoms with Crippen LogP contribution in [0.1, 0.15) is 0 Å². The molecule has 0 aliphatic heterocycles. The molecule has 0 saturated carbocycles. The highest BCUT2D eigenvalue weighted by Gasteiger charge is 2.35. The van der Waals surface area contributed by atoms with Crippen LogP contribution in [-0.2, 0) is 0 Å². The van der Waals surface area contributed by atoms with Crippen molar-refractivity contribution in [3.8, 4) is 0 Å². The molecule has 0 fully saturated rings. The molecule has 5 heteroatoms. The molecular formula is C6H7Cl3O2. The molecule has 0 radical (unpaired) electrons. The van der Waals surface area contributed by atoms with Gasteiger partial charge in [0, 0.05) is 5.03 Å². The van der Waals surface area contributed by atoms with E-state index in [-0.39, 0.29) is 5.03 Å². The zero-order chi connectivity index (χ0) is 8.59. The largest absolute Gasteiger partial charge is 0.387 e. The Kier molecular flexibility index (Phi) is 3.06. The summed E-state index contributed by atoms with van der Waals surface area (Å²) in [5.74, 6) is 0. The average molecular weight is 217 g/mol. The first-order valence-corrected chi connectivity index (χ1v) is 4.30. The lowest BCUT2D eigenvalue weighted by Crippen LogP contribution is -2.41. The van der Waals surface area contributed by atoms with Gasteiger partial charge in [-0.05, 0) is 6.08 Å². The average Bonchev–Trinajstić information content (AvgIpc) is 1.97. The van der Waals surface area contributed by atoms with Crippen molar-refractivity contribution in [2.24, 2.45) is 0 Å². The Morgan fingerprint density at radius 1 is 1.18 bits per heavy atom. The molecular weight excluding hydrogens is 210 g/mol. The summed E-state index contributed by atoms with van der Waals surface area (Å²) in [6.45, 7) is 0. The first kappa shape index (κ1) is 9.62. The molecule has 0 aromatic rings. The van der Waals surface area contributed by atoms with Gasteiger partial charge in [0.25, 0.3) is 0 Å². The van der Waals surface area contributed by atoms with Crippen LogP contribution in [0.25, 0.3) is 0 Å². The molecule has 0 amide bonds. The Bertz CT molecular complexity index is 183. The summed E-state index contributed by atoms with van der Waals surface area (Å²) in [6, 6.07) is 0. The SMILES string of the molecule is OC1C=C(Cl)C(O)C(Cl)C1Cl. The summed E-state index contributed by atoms with van der Waals surface area (Å²) in [5.41, 5.74) is 0. The molecule has 4 atom stereocenters. The van der Waals surface area contributed by atoms with Gasteiger partial charge in [0.05, 0.1) is 16.9 Å². The molecule has 64 valence electrons. The molecule has 0 bridgehead atoms. The zero-order valence-electron chi connectivity index (χ0n) is 5.42. The van der Waals surface area contributed by atoms with Crippen LogP contribution in [0.4, 0.5) is 0 Å². The van der Waals surface area contributed by atoms with E-state index < -0.39 is 23.0 Å². The van der Waals surface area contributed by atoms with Gasteiger partial charge in [0.1, 0.15) is 6.10 Å². The second-order valence-electron chi connectivity index (χ2n) is 2.38. The summed E-state index contributed by atoms with van der Waals surface area (Å²) in [4.78, 5) is 0. The molecule has 11 heavy (non-hydrogen) atoms. The van der Waals surface area contributed by atoms with E-state index in [1.165, 1.54) is 6.08 Å². The van der Waals surface area contributed by atoms with Gasteiger partial charge in [-0.25, -0.2) is 0 Å². The molecule has 0 saturated heterocycles. The molecule has 0 spiro atoms. The molecule has 0 heterocycles. The van der Waals surface area contributed by atoms with Crippen molar-refractivity contribution < 1.29 is 10.2 Å². The minimum atomic E-state index is -0.968. The molecule has 0 aromatic carbocycles. The van der Waals surface area contributed by atoms with Gasteiger partial charge in [-0.15, -0.1) is 23.2 Å². The maximum absolute atomic E-state index is 9.21. The van der Waals surface area contributed by atoms with Gasteiger partial charge in [0.2, 0.25) is 0 Å². The molecule has 0 aromatic heterocycles. The minimum Gasteiger partial charge on any atom is -0.387 e. The third kappa shape index (κ3) is 1.82. The predicted molar refractivity (Wildman–Crippen MR) is 45.2 cm³/mol. The van der Waals surface area contributed by atoms with Crippen LogP contribution in [0.5, 0.6) is 0 Å². The van der Waals surface area contributed by atoms with E-state index in [4.69, 9.17) is 39.9 Å². The number of alkyl halides is 2. The van der Waals surface area contributed by atoms with E-state index in [0.29, 0.717) is 0 Å². The van der Waals surface area contributed by atoms with Gasteiger partial charge in [-0.2, -0.15) is 0 Å². The van der Waals surface area contributed by atoms with E-state index >= 15 is 0 Å². The monoisotopic (exact) mass is 216 g/mol. The van der Waals surface area contributed by atoms with Crippen LogP contribution >= 0.6 is 34.8 Å². The summed E-state index contributed by atoms with van der Waals surface area (Å²) in [5, 5.41) is 17.1. The second kappa shape index (κ2) is 3.50. The second-order valence-corrected chi connectivity index (χ2v) is 3.82. The van der Waals surface area contributed by atoms with E-state index in [0.717, 1.165) is 0 Å². The molecule has 2 N–H and O–H groups in total. The number of halogens is 3. The van der Waals surface area contributed by atoms with Crippen LogP contribution in [0.3, 0.4) is 0 Å².